The van der Waals surface area contributed by atoms with E-state index in [0.29, 0.717) is 33.5 Å². The molecule has 10 heteroatoms. The number of anilines is 2. The quantitative estimate of drug-likeness (QED) is 0.453. The minimum atomic E-state index is -3.39. The van der Waals surface area contributed by atoms with Crippen molar-refractivity contribution in [2.45, 2.75) is 13.8 Å². The van der Waals surface area contributed by atoms with E-state index in [4.69, 9.17) is 0 Å². The van der Waals surface area contributed by atoms with Crippen LogP contribution in [-0.2, 0) is 10.0 Å². The van der Waals surface area contributed by atoms with Crippen molar-refractivity contribution >= 4 is 43.9 Å². The lowest BCUT2D eigenvalue weighted by atomic mass is 10.2. The Hall–Kier alpha value is -3.66. The van der Waals surface area contributed by atoms with Gasteiger partial charge in [-0.1, -0.05) is 12.1 Å². The van der Waals surface area contributed by atoms with Crippen LogP contribution in [-0.4, -0.2) is 34.7 Å². The molecule has 154 valence electrons. The molecule has 0 saturated heterocycles. The Morgan fingerprint density at radius 1 is 1.20 bits per heavy atom. The van der Waals surface area contributed by atoms with Gasteiger partial charge in [0.1, 0.15) is 11.2 Å². The number of sulfonamides is 1. The van der Waals surface area contributed by atoms with Gasteiger partial charge in [0.25, 0.3) is 11.5 Å². The van der Waals surface area contributed by atoms with Crippen molar-refractivity contribution in [3.63, 3.8) is 0 Å². The normalized spacial score (nSPS) is 11.7. The molecule has 0 atom stereocenters. The standard InChI is InChI=1S/C20H19N5O4S/c1-3-30(28,29)24-16-9-8-13(10-12(16)2)22-20(27)15-11-21-25-17-7-5-4-6-14(17)19(26)23-18(15)25/h4-11,24H,3H2,1-2H3,(H,22,27)(H,23,26). The zero-order valence-corrected chi connectivity index (χ0v) is 17.1. The van der Waals surface area contributed by atoms with Crippen molar-refractivity contribution in [2.24, 2.45) is 0 Å². The number of nitrogens with zero attached hydrogens (tertiary/aromatic N) is 2. The van der Waals surface area contributed by atoms with E-state index in [1.807, 2.05) is 0 Å². The van der Waals surface area contributed by atoms with Crippen LogP contribution in [0.3, 0.4) is 0 Å². The van der Waals surface area contributed by atoms with Crippen LogP contribution in [0.2, 0.25) is 0 Å². The van der Waals surface area contributed by atoms with Gasteiger partial charge in [-0.15, -0.1) is 0 Å². The van der Waals surface area contributed by atoms with Crippen molar-refractivity contribution in [3.05, 3.63) is 70.1 Å². The summed E-state index contributed by atoms with van der Waals surface area (Å²) in [6, 6.07) is 11.8. The molecule has 0 fully saturated rings. The SMILES string of the molecule is CCS(=O)(=O)Nc1ccc(NC(=O)c2cnn3c2[nH]c(=O)c2ccccc23)cc1C. The number of carbonyl (C=O) groups is 1. The van der Waals surface area contributed by atoms with Crippen LogP contribution in [0.1, 0.15) is 22.8 Å². The van der Waals surface area contributed by atoms with Crippen molar-refractivity contribution in [3.8, 4) is 0 Å². The Bertz CT molecular complexity index is 1450. The maximum absolute atomic E-state index is 12.8. The monoisotopic (exact) mass is 425 g/mol. The van der Waals surface area contributed by atoms with Crippen LogP contribution >= 0.6 is 0 Å². The number of benzene rings is 2. The van der Waals surface area contributed by atoms with E-state index in [9.17, 15) is 18.0 Å². The molecule has 3 N–H and O–H groups in total. The predicted octanol–water partition coefficient (Wildman–Crippen LogP) is 2.50. The molecule has 0 bridgehead atoms. The first-order chi connectivity index (χ1) is 14.3. The summed E-state index contributed by atoms with van der Waals surface area (Å²) in [6.45, 7) is 3.29. The fraction of sp³-hybridized carbons (Fsp3) is 0.150. The van der Waals surface area contributed by atoms with Gasteiger partial charge in [0, 0.05) is 5.69 Å². The lowest BCUT2D eigenvalue weighted by Gasteiger charge is -2.11. The predicted molar refractivity (Wildman–Crippen MR) is 116 cm³/mol. The maximum Gasteiger partial charge on any atom is 0.261 e. The van der Waals surface area contributed by atoms with Gasteiger partial charge >= 0.3 is 0 Å². The second-order valence-corrected chi connectivity index (χ2v) is 8.79. The largest absolute Gasteiger partial charge is 0.322 e. The van der Waals surface area contributed by atoms with Gasteiger partial charge in [-0.05, 0) is 49.7 Å². The summed E-state index contributed by atoms with van der Waals surface area (Å²) >= 11 is 0. The molecule has 9 nitrogen and oxygen atoms in total. The lowest BCUT2D eigenvalue weighted by molar-refractivity contribution is 0.102. The Kier molecular flexibility index (Phi) is 4.78. The van der Waals surface area contributed by atoms with Gasteiger partial charge in [-0.25, -0.2) is 12.9 Å². The number of aryl methyl sites for hydroxylation is 1. The van der Waals surface area contributed by atoms with E-state index in [2.05, 4.69) is 20.1 Å². The molecule has 0 radical (unpaired) electrons. The fourth-order valence-electron chi connectivity index (χ4n) is 3.14. The molecule has 0 aliphatic heterocycles. The molecular weight excluding hydrogens is 406 g/mol. The summed E-state index contributed by atoms with van der Waals surface area (Å²) in [6.07, 6.45) is 1.39. The third kappa shape index (κ3) is 3.52. The third-order valence-corrected chi connectivity index (χ3v) is 6.04. The number of nitrogens with one attached hydrogen (secondary N) is 3. The molecule has 4 aromatic rings. The molecule has 0 unspecified atom stereocenters. The highest BCUT2D eigenvalue weighted by Gasteiger charge is 2.17. The first-order valence-corrected chi connectivity index (χ1v) is 10.9. The Morgan fingerprint density at radius 2 is 1.97 bits per heavy atom. The van der Waals surface area contributed by atoms with Crippen LogP contribution in [0.4, 0.5) is 11.4 Å². The van der Waals surface area contributed by atoms with Gasteiger partial charge in [0.2, 0.25) is 10.0 Å². The van der Waals surface area contributed by atoms with Gasteiger partial charge in [0.15, 0.2) is 0 Å². The second-order valence-electron chi connectivity index (χ2n) is 6.78. The summed E-state index contributed by atoms with van der Waals surface area (Å²) in [5.74, 6) is -0.482. The number of aromatic nitrogens is 3. The Labute approximate surface area is 171 Å². The number of rotatable bonds is 5. The average molecular weight is 425 g/mol. The molecule has 2 aromatic heterocycles. The van der Waals surface area contributed by atoms with Crippen LogP contribution in [0, 0.1) is 6.92 Å². The van der Waals surface area contributed by atoms with Crippen LogP contribution in [0.25, 0.3) is 16.6 Å². The number of para-hydroxylation sites is 1. The maximum atomic E-state index is 12.8. The summed E-state index contributed by atoms with van der Waals surface area (Å²) in [5, 5.41) is 7.47. The summed E-state index contributed by atoms with van der Waals surface area (Å²) in [7, 11) is -3.39. The van der Waals surface area contributed by atoms with Gasteiger partial charge in [-0.3, -0.25) is 14.3 Å². The van der Waals surface area contributed by atoms with Gasteiger partial charge < -0.3 is 10.3 Å². The Morgan fingerprint density at radius 3 is 2.70 bits per heavy atom. The number of fused-ring (bicyclic) bond motifs is 3. The number of aromatic amines is 1. The fourth-order valence-corrected chi connectivity index (χ4v) is 3.85. The minimum Gasteiger partial charge on any atom is -0.322 e. The van der Waals surface area contributed by atoms with Crippen molar-refractivity contribution in [2.75, 3.05) is 15.8 Å². The van der Waals surface area contributed by atoms with E-state index >= 15 is 0 Å². The number of amides is 1. The lowest BCUT2D eigenvalue weighted by Crippen LogP contribution is -2.16. The summed E-state index contributed by atoms with van der Waals surface area (Å²) in [4.78, 5) is 27.9. The van der Waals surface area contributed by atoms with E-state index in [1.54, 1.807) is 56.3 Å². The van der Waals surface area contributed by atoms with Crippen LogP contribution in [0.5, 0.6) is 0 Å². The molecule has 0 aliphatic carbocycles. The van der Waals surface area contributed by atoms with Crippen molar-refractivity contribution in [1.29, 1.82) is 0 Å². The first kappa shape index (κ1) is 19.6. The Balaban J connectivity index is 1.65. The zero-order valence-electron chi connectivity index (χ0n) is 16.3. The molecule has 2 heterocycles. The smallest absolute Gasteiger partial charge is 0.261 e. The van der Waals surface area contributed by atoms with E-state index in [1.165, 1.54) is 10.7 Å². The molecule has 0 aliphatic rings. The molecule has 4 rings (SSSR count). The molecule has 1 amide bonds. The van der Waals surface area contributed by atoms with Crippen molar-refractivity contribution < 1.29 is 13.2 Å². The van der Waals surface area contributed by atoms with Crippen LogP contribution in [0.15, 0.2) is 53.5 Å². The zero-order chi connectivity index (χ0) is 21.5. The second kappa shape index (κ2) is 7.30. The van der Waals surface area contributed by atoms with E-state index < -0.39 is 15.9 Å². The molecule has 0 saturated carbocycles. The first-order valence-electron chi connectivity index (χ1n) is 9.20. The molecular formula is C20H19N5O4S. The number of hydrogen-bond acceptors (Lipinski definition) is 5. The van der Waals surface area contributed by atoms with Crippen molar-refractivity contribution in [1.82, 2.24) is 14.6 Å². The molecule has 30 heavy (non-hydrogen) atoms. The molecule has 2 aromatic carbocycles. The molecule has 0 spiro atoms. The third-order valence-electron chi connectivity index (χ3n) is 4.75. The van der Waals surface area contributed by atoms with Crippen LogP contribution < -0.4 is 15.6 Å². The highest BCUT2D eigenvalue weighted by molar-refractivity contribution is 7.92. The van der Waals surface area contributed by atoms with Gasteiger partial charge in [-0.2, -0.15) is 5.10 Å². The summed E-state index contributed by atoms with van der Waals surface area (Å²) < 4.78 is 27.5. The average Bonchev–Trinajstić information content (AvgIpc) is 3.14. The van der Waals surface area contributed by atoms with E-state index in [0.717, 1.165) is 0 Å². The van der Waals surface area contributed by atoms with Gasteiger partial charge in [0.05, 0.1) is 28.5 Å². The topological polar surface area (TPSA) is 125 Å². The highest BCUT2D eigenvalue weighted by atomic mass is 32.2. The number of hydrogen-bond donors (Lipinski definition) is 3. The number of H-pyrrole nitrogens is 1. The minimum absolute atomic E-state index is 0.0352. The highest BCUT2D eigenvalue weighted by Crippen LogP contribution is 2.22. The van der Waals surface area contributed by atoms with E-state index in [-0.39, 0.29) is 16.9 Å². The summed E-state index contributed by atoms with van der Waals surface area (Å²) in [5.41, 5.74) is 2.38. The number of carbonyl (C=O) groups excluding carboxylic acids is 1.